The second-order valence-electron chi connectivity index (χ2n) is 3.46. The molecule has 0 heterocycles. The first-order chi connectivity index (χ1) is 7.22. The molecule has 1 atom stereocenters. The molecular weight excluding hydrogens is 210 g/mol. The quantitative estimate of drug-likeness (QED) is 0.809. The van der Waals surface area contributed by atoms with Crippen LogP contribution in [0.15, 0.2) is 30.3 Å². The Morgan fingerprint density at radius 2 is 2.00 bits per heavy atom. The minimum absolute atomic E-state index is 0.0403. The third kappa shape index (κ3) is 4.98. The van der Waals surface area contributed by atoms with Gasteiger partial charge in [0.2, 0.25) is 0 Å². The molecule has 0 amide bonds. The average Bonchev–Trinajstić information content (AvgIpc) is 2.21. The van der Waals surface area contributed by atoms with Crippen molar-refractivity contribution in [3.63, 3.8) is 0 Å². The van der Waals surface area contributed by atoms with Crippen LogP contribution in [-0.4, -0.2) is 17.8 Å². The molecular formula is C12H16ClNO. The fraction of sp³-hybridized carbons (Fsp3) is 0.333. The number of rotatable bonds is 5. The number of aliphatic hydroxyl groups is 1. The molecule has 3 heteroatoms. The molecule has 0 bridgehead atoms. The Morgan fingerprint density at radius 1 is 1.33 bits per heavy atom. The van der Waals surface area contributed by atoms with Crippen molar-refractivity contribution >= 4 is 17.7 Å². The molecule has 0 spiro atoms. The molecule has 1 aromatic carbocycles. The van der Waals surface area contributed by atoms with E-state index >= 15 is 0 Å². The van der Waals surface area contributed by atoms with E-state index in [-0.39, 0.29) is 12.6 Å². The SMILES string of the molecule is NC(C/C=C/c1ccc(Cl)cc1)CCO. The molecule has 0 saturated heterocycles. The molecule has 82 valence electrons. The Bertz CT molecular complexity index is 308. The highest BCUT2D eigenvalue weighted by molar-refractivity contribution is 6.30. The van der Waals surface area contributed by atoms with Crippen LogP contribution in [0.2, 0.25) is 5.02 Å². The summed E-state index contributed by atoms with van der Waals surface area (Å²) in [5, 5.41) is 9.40. The molecule has 1 unspecified atom stereocenters. The van der Waals surface area contributed by atoms with Gasteiger partial charge in [0, 0.05) is 17.7 Å². The Morgan fingerprint density at radius 3 is 2.60 bits per heavy atom. The Kier molecular flexibility index (Phi) is 5.40. The van der Waals surface area contributed by atoms with E-state index in [1.807, 2.05) is 36.4 Å². The van der Waals surface area contributed by atoms with E-state index in [0.717, 1.165) is 17.0 Å². The molecule has 0 aliphatic rings. The number of nitrogens with two attached hydrogens (primary N) is 1. The molecule has 0 aromatic heterocycles. The Balaban J connectivity index is 2.41. The molecule has 1 aromatic rings. The molecule has 1 rings (SSSR count). The fourth-order valence-electron chi connectivity index (χ4n) is 1.24. The highest BCUT2D eigenvalue weighted by Gasteiger charge is 1.97. The number of halogens is 1. The molecule has 0 aliphatic heterocycles. The topological polar surface area (TPSA) is 46.2 Å². The lowest BCUT2D eigenvalue weighted by Gasteiger charge is -2.04. The van der Waals surface area contributed by atoms with Crippen molar-refractivity contribution in [3.05, 3.63) is 40.9 Å². The smallest absolute Gasteiger partial charge is 0.0445 e. The lowest BCUT2D eigenvalue weighted by Crippen LogP contribution is -2.19. The first-order valence-electron chi connectivity index (χ1n) is 5.01. The number of aliphatic hydroxyl groups excluding tert-OH is 1. The molecule has 3 N–H and O–H groups in total. The van der Waals surface area contributed by atoms with Crippen molar-refractivity contribution in [1.82, 2.24) is 0 Å². The normalized spacial score (nSPS) is 13.3. The summed E-state index contributed by atoms with van der Waals surface area (Å²) in [6.07, 6.45) is 5.45. The van der Waals surface area contributed by atoms with E-state index in [1.54, 1.807) is 0 Å². The summed E-state index contributed by atoms with van der Waals surface area (Å²) in [4.78, 5) is 0. The van der Waals surface area contributed by atoms with Crippen LogP contribution in [-0.2, 0) is 0 Å². The van der Waals surface area contributed by atoms with E-state index in [4.69, 9.17) is 22.4 Å². The van der Waals surface area contributed by atoms with Gasteiger partial charge in [-0.25, -0.2) is 0 Å². The van der Waals surface area contributed by atoms with Gasteiger partial charge in [0.1, 0.15) is 0 Å². The maximum Gasteiger partial charge on any atom is 0.0445 e. The first-order valence-corrected chi connectivity index (χ1v) is 5.38. The monoisotopic (exact) mass is 225 g/mol. The summed E-state index contributed by atoms with van der Waals surface area (Å²) >= 11 is 5.77. The van der Waals surface area contributed by atoms with Crippen molar-refractivity contribution in [3.8, 4) is 0 Å². The number of hydrogen-bond donors (Lipinski definition) is 2. The summed E-state index contributed by atoms with van der Waals surface area (Å²) in [7, 11) is 0. The predicted octanol–water partition coefficient (Wildman–Crippen LogP) is 2.45. The second kappa shape index (κ2) is 6.62. The van der Waals surface area contributed by atoms with Crippen molar-refractivity contribution in [2.75, 3.05) is 6.61 Å². The zero-order chi connectivity index (χ0) is 11.1. The Labute approximate surface area is 95.4 Å². The summed E-state index contributed by atoms with van der Waals surface area (Å²) < 4.78 is 0. The van der Waals surface area contributed by atoms with E-state index in [2.05, 4.69) is 0 Å². The summed E-state index contributed by atoms with van der Waals surface area (Å²) in [5.41, 5.74) is 6.85. The molecule has 0 radical (unpaired) electrons. The van der Waals surface area contributed by atoms with Crippen LogP contribution in [0.3, 0.4) is 0 Å². The zero-order valence-corrected chi connectivity index (χ0v) is 9.32. The molecule has 0 aliphatic carbocycles. The highest BCUT2D eigenvalue weighted by atomic mass is 35.5. The lowest BCUT2D eigenvalue weighted by atomic mass is 10.1. The summed E-state index contributed by atoms with van der Waals surface area (Å²) in [6.45, 7) is 0.149. The van der Waals surface area contributed by atoms with Gasteiger partial charge < -0.3 is 10.8 Å². The number of hydrogen-bond acceptors (Lipinski definition) is 2. The van der Waals surface area contributed by atoms with Crippen molar-refractivity contribution in [2.45, 2.75) is 18.9 Å². The molecule has 0 fully saturated rings. The van der Waals surface area contributed by atoms with Gasteiger partial charge in [-0.2, -0.15) is 0 Å². The van der Waals surface area contributed by atoms with Gasteiger partial charge in [-0.3, -0.25) is 0 Å². The minimum atomic E-state index is 0.0403. The largest absolute Gasteiger partial charge is 0.396 e. The lowest BCUT2D eigenvalue weighted by molar-refractivity contribution is 0.276. The van der Waals surface area contributed by atoms with Gasteiger partial charge >= 0.3 is 0 Å². The van der Waals surface area contributed by atoms with Crippen molar-refractivity contribution in [1.29, 1.82) is 0 Å². The molecule has 0 saturated carbocycles. The van der Waals surface area contributed by atoms with E-state index in [0.29, 0.717) is 6.42 Å². The van der Waals surface area contributed by atoms with Gasteiger partial charge in [-0.15, -0.1) is 0 Å². The van der Waals surface area contributed by atoms with E-state index in [1.165, 1.54) is 0 Å². The van der Waals surface area contributed by atoms with Crippen LogP contribution in [0.25, 0.3) is 6.08 Å². The predicted molar refractivity (Wildman–Crippen MR) is 64.8 cm³/mol. The maximum atomic E-state index is 8.66. The van der Waals surface area contributed by atoms with E-state index < -0.39 is 0 Å². The van der Waals surface area contributed by atoms with Gasteiger partial charge in [0.15, 0.2) is 0 Å². The van der Waals surface area contributed by atoms with E-state index in [9.17, 15) is 0 Å². The third-order valence-corrected chi connectivity index (χ3v) is 2.37. The van der Waals surface area contributed by atoms with Gasteiger partial charge in [0.25, 0.3) is 0 Å². The maximum absolute atomic E-state index is 8.66. The van der Waals surface area contributed by atoms with Gasteiger partial charge in [-0.05, 0) is 30.5 Å². The van der Waals surface area contributed by atoms with Gasteiger partial charge in [0.05, 0.1) is 0 Å². The summed E-state index contributed by atoms with van der Waals surface area (Å²) in [6, 6.07) is 7.66. The van der Waals surface area contributed by atoms with Gasteiger partial charge in [-0.1, -0.05) is 35.9 Å². The van der Waals surface area contributed by atoms with Crippen LogP contribution in [0.5, 0.6) is 0 Å². The van der Waals surface area contributed by atoms with Crippen molar-refractivity contribution < 1.29 is 5.11 Å². The molecule has 2 nitrogen and oxygen atoms in total. The number of benzene rings is 1. The van der Waals surface area contributed by atoms with Crippen LogP contribution in [0.4, 0.5) is 0 Å². The third-order valence-electron chi connectivity index (χ3n) is 2.12. The van der Waals surface area contributed by atoms with Crippen LogP contribution in [0.1, 0.15) is 18.4 Å². The fourth-order valence-corrected chi connectivity index (χ4v) is 1.36. The average molecular weight is 226 g/mol. The molecule has 15 heavy (non-hydrogen) atoms. The highest BCUT2D eigenvalue weighted by Crippen LogP contribution is 2.11. The standard InChI is InChI=1S/C12H16ClNO/c13-11-6-4-10(5-7-11)2-1-3-12(14)8-9-15/h1-2,4-7,12,15H,3,8-9,14H2/b2-1+. The van der Waals surface area contributed by atoms with Crippen LogP contribution >= 0.6 is 11.6 Å². The van der Waals surface area contributed by atoms with Crippen LogP contribution in [0, 0.1) is 0 Å². The minimum Gasteiger partial charge on any atom is -0.396 e. The van der Waals surface area contributed by atoms with Crippen LogP contribution < -0.4 is 5.73 Å². The van der Waals surface area contributed by atoms with Crippen molar-refractivity contribution in [2.24, 2.45) is 5.73 Å². The Hall–Kier alpha value is -0.830. The second-order valence-corrected chi connectivity index (χ2v) is 3.90. The first kappa shape index (κ1) is 12.2. The zero-order valence-electron chi connectivity index (χ0n) is 8.57. The summed E-state index contributed by atoms with van der Waals surface area (Å²) in [5.74, 6) is 0.